The molecule has 0 spiro atoms. The lowest BCUT2D eigenvalue weighted by Crippen LogP contribution is -2.07. The van der Waals surface area contributed by atoms with Crippen molar-refractivity contribution < 1.29 is 26.3 Å². The van der Waals surface area contributed by atoms with E-state index in [1.807, 2.05) is 84.9 Å². The second-order valence-electron chi connectivity index (χ2n) is 13.1. The van der Waals surface area contributed by atoms with Crippen LogP contribution < -0.4 is 0 Å². The first-order chi connectivity index (χ1) is 34.9. The van der Waals surface area contributed by atoms with Crippen LogP contribution >= 0.6 is 11.3 Å². The highest BCUT2D eigenvalue weighted by atomic mass is 32.1. The van der Waals surface area contributed by atoms with Gasteiger partial charge in [0.25, 0.3) is 0 Å². The Labute approximate surface area is 353 Å². The number of benzene rings is 8. The smallest absolute Gasteiger partial charge is 0.238 e. The summed E-state index contributed by atoms with van der Waals surface area (Å²) in [5.74, 6) is -1.03. The number of aromatic nitrogens is 4. The van der Waals surface area contributed by atoms with E-state index in [1.54, 1.807) is 4.57 Å². The molecule has 0 N–H and O–H groups in total. The van der Waals surface area contributed by atoms with E-state index in [4.69, 9.17) is 32.2 Å². The Bertz CT molecular complexity index is 4420. The van der Waals surface area contributed by atoms with Gasteiger partial charge in [0.1, 0.15) is 11.2 Å². The minimum atomic E-state index is -0.749. The number of hydrogen-bond donors (Lipinski definition) is 0. The number of nitrogens with zero attached hydrogens (tertiary/aromatic N) is 4. The number of rotatable bonds is 5. The maximum atomic E-state index is 9.78. The molecule has 0 aliphatic rings. The lowest BCUT2D eigenvalue weighted by Gasteiger charge is -2.13. The maximum absolute atomic E-state index is 9.78. The van der Waals surface area contributed by atoms with Gasteiger partial charge in [0.15, 0.2) is 11.6 Å². The highest BCUT2D eigenvalue weighted by Crippen LogP contribution is 2.45. The van der Waals surface area contributed by atoms with Gasteiger partial charge in [-0.25, -0.2) is 4.98 Å². The van der Waals surface area contributed by atoms with Gasteiger partial charge in [0.05, 0.1) is 37.7 Å². The summed E-state index contributed by atoms with van der Waals surface area (Å²) in [5.41, 5.74) is 0.0914. The molecule has 0 fully saturated rings. The minimum Gasteiger partial charge on any atom is -0.456 e. The Balaban J connectivity index is 1.25. The quantitative estimate of drug-likeness (QED) is 0.175. The van der Waals surface area contributed by atoms with Crippen LogP contribution in [-0.2, 0) is 0 Å². The first-order valence-corrected chi connectivity index (χ1v) is 18.5. The van der Waals surface area contributed by atoms with E-state index < -0.39 is 142 Å². The summed E-state index contributed by atoms with van der Waals surface area (Å²) in [6.07, 6.45) is 0. The summed E-state index contributed by atoms with van der Waals surface area (Å²) in [6, 6.07) is 16.2. The molecule has 57 heavy (non-hydrogen) atoms. The molecule has 266 valence electrons. The summed E-state index contributed by atoms with van der Waals surface area (Å²) in [5, 5.41) is 2.84. The van der Waals surface area contributed by atoms with Crippen LogP contribution in [0.5, 0.6) is 0 Å². The molecule has 12 aromatic rings. The Morgan fingerprint density at radius 1 is 0.474 bits per heavy atom. The monoisotopic (exact) mass is 762 g/mol. The van der Waals surface area contributed by atoms with E-state index in [9.17, 15) is 4.11 Å². The second kappa shape index (κ2) is 12.6. The highest BCUT2D eigenvalue weighted by Gasteiger charge is 2.24. The summed E-state index contributed by atoms with van der Waals surface area (Å²) in [4.78, 5) is 14.6. The zero-order valence-corrected chi connectivity index (χ0v) is 30.0. The SMILES string of the molecule is [2H]c1c([2H])c([2H])c(-c2nc(-c3c([2H])c([2H])c4c(oc5c([2H])c([2H])c([2H])c(-c6c([2H])c([2H])c([2H])c([2H])c6[2H])c54)c3[2H])nc(-n3c4c(-c5ccccc5)cccc4c4ccc5c6ccccc6sc5c43)n2)c([2H])c1[2H]. The van der Waals surface area contributed by atoms with Crippen LogP contribution in [-0.4, -0.2) is 19.5 Å². The van der Waals surface area contributed by atoms with E-state index in [2.05, 4.69) is 4.98 Å². The third kappa shape index (κ3) is 4.98. The van der Waals surface area contributed by atoms with Gasteiger partial charge in [-0.1, -0.05) is 157 Å². The Kier molecular flexibility index (Phi) is 4.40. The average molecular weight is 763 g/mol. The fourth-order valence-electron chi connectivity index (χ4n) is 7.55. The van der Waals surface area contributed by atoms with E-state index in [-0.39, 0.29) is 16.7 Å². The van der Waals surface area contributed by atoms with E-state index in [0.717, 1.165) is 42.1 Å². The first-order valence-electron chi connectivity index (χ1n) is 25.7. The summed E-state index contributed by atoms with van der Waals surface area (Å²) < 4.78 is 152. The second-order valence-corrected chi connectivity index (χ2v) is 14.2. The topological polar surface area (TPSA) is 56.7 Å². The number of hydrogen-bond acceptors (Lipinski definition) is 5. The standard InChI is InChI=1S/C51H30N4OS/c1-4-14-31(15-5-1)35-21-13-24-42-45(35)41-27-26-34(30-43(41)56-42)50-52-49(33-18-8-3-9-19-33)53-51(54-50)55-46-36(32-16-6-2-7-17-32)22-12-23-38(46)39-28-29-40-37-20-10-11-25-44(37)57-48(40)47(39)55/h1-30H/i1D,3D,4D,5D,8D,9D,13D,14D,15D,18D,19D,21D,24D,26D,27D,30D. The van der Waals surface area contributed by atoms with Crippen LogP contribution in [0.2, 0.25) is 0 Å². The van der Waals surface area contributed by atoms with Crippen molar-refractivity contribution in [3.8, 4) is 51.0 Å². The Morgan fingerprint density at radius 3 is 2.04 bits per heavy atom. The fourth-order valence-corrected chi connectivity index (χ4v) is 8.79. The van der Waals surface area contributed by atoms with Crippen LogP contribution in [0.4, 0.5) is 0 Å². The van der Waals surface area contributed by atoms with Crippen molar-refractivity contribution in [2.45, 2.75) is 0 Å². The molecule has 0 unspecified atom stereocenters. The predicted octanol–water partition coefficient (Wildman–Crippen LogP) is 13.9. The van der Waals surface area contributed by atoms with Crippen molar-refractivity contribution in [1.82, 2.24) is 19.5 Å². The van der Waals surface area contributed by atoms with Crippen molar-refractivity contribution in [1.29, 1.82) is 0 Å². The molecular weight excluding hydrogens is 717 g/mol. The summed E-state index contributed by atoms with van der Waals surface area (Å²) in [7, 11) is 0. The van der Waals surface area contributed by atoms with E-state index in [0.29, 0.717) is 11.0 Å². The van der Waals surface area contributed by atoms with Gasteiger partial charge in [0.2, 0.25) is 5.95 Å². The molecule has 0 aliphatic carbocycles. The van der Waals surface area contributed by atoms with Crippen LogP contribution in [0.15, 0.2) is 186 Å². The van der Waals surface area contributed by atoms with Crippen LogP contribution in [0, 0.1) is 0 Å². The van der Waals surface area contributed by atoms with Crippen molar-refractivity contribution in [2.24, 2.45) is 0 Å². The van der Waals surface area contributed by atoms with Crippen LogP contribution in [0.3, 0.4) is 0 Å². The van der Waals surface area contributed by atoms with E-state index >= 15 is 0 Å². The predicted molar refractivity (Wildman–Crippen MR) is 236 cm³/mol. The third-order valence-corrected chi connectivity index (χ3v) is 11.2. The van der Waals surface area contributed by atoms with Crippen LogP contribution in [0.25, 0.3) is 115 Å². The van der Waals surface area contributed by atoms with Gasteiger partial charge < -0.3 is 4.42 Å². The van der Waals surface area contributed by atoms with Gasteiger partial charge in [0, 0.05) is 53.7 Å². The molecule has 0 aliphatic heterocycles. The fraction of sp³-hybridized carbons (Fsp3) is 0. The largest absolute Gasteiger partial charge is 0.456 e. The lowest BCUT2D eigenvalue weighted by molar-refractivity contribution is 0.669. The zero-order valence-electron chi connectivity index (χ0n) is 45.2. The molecule has 4 aromatic heterocycles. The summed E-state index contributed by atoms with van der Waals surface area (Å²) >= 11 is 1.53. The molecule has 0 amide bonds. The Morgan fingerprint density at radius 2 is 1.19 bits per heavy atom. The molecule has 12 rings (SSSR count). The third-order valence-electron chi connectivity index (χ3n) is 9.97. The normalized spacial score (nSPS) is 15.8. The molecule has 0 bridgehead atoms. The van der Waals surface area contributed by atoms with Crippen molar-refractivity contribution >= 4 is 75.3 Å². The van der Waals surface area contributed by atoms with Gasteiger partial charge in [-0.3, -0.25) is 4.57 Å². The van der Waals surface area contributed by atoms with Gasteiger partial charge in [-0.2, -0.15) is 9.97 Å². The van der Waals surface area contributed by atoms with E-state index in [1.165, 1.54) is 11.3 Å². The maximum Gasteiger partial charge on any atom is 0.238 e. The number of para-hydroxylation sites is 1. The lowest BCUT2D eigenvalue weighted by atomic mass is 9.99. The van der Waals surface area contributed by atoms with Gasteiger partial charge in [-0.05, 0) is 40.9 Å². The van der Waals surface area contributed by atoms with Crippen LogP contribution in [0.1, 0.15) is 21.9 Å². The molecule has 8 aromatic carbocycles. The van der Waals surface area contributed by atoms with Gasteiger partial charge >= 0.3 is 0 Å². The molecule has 0 atom stereocenters. The molecule has 4 heterocycles. The molecule has 5 nitrogen and oxygen atoms in total. The van der Waals surface area contributed by atoms with Crippen molar-refractivity contribution in [2.75, 3.05) is 0 Å². The zero-order chi connectivity index (χ0) is 51.4. The molecule has 0 saturated heterocycles. The minimum absolute atomic E-state index is 0.148. The molecule has 6 heteroatoms. The van der Waals surface area contributed by atoms with Crippen molar-refractivity contribution in [3.63, 3.8) is 0 Å². The van der Waals surface area contributed by atoms with Crippen molar-refractivity contribution in [3.05, 3.63) is 182 Å². The average Bonchev–Trinajstić information content (AvgIpc) is 4.09. The first kappa shape index (κ1) is 20.0. The highest BCUT2D eigenvalue weighted by molar-refractivity contribution is 7.26. The van der Waals surface area contributed by atoms with Gasteiger partial charge in [-0.15, -0.1) is 11.3 Å². The number of furan rings is 1. The number of thiophene rings is 1. The molecule has 0 radical (unpaired) electrons. The number of fused-ring (bicyclic) bond motifs is 10. The molecule has 0 saturated carbocycles. The molecular formula is C51H30N4OS. The Hall–Kier alpha value is -7.41. The summed E-state index contributed by atoms with van der Waals surface area (Å²) in [6.45, 7) is 0.